The van der Waals surface area contributed by atoms with E-state index in [0.29, 0.717) is 17.5 Å². The lowest BCUT2D eigenvalue weighted by atomic mass is 10.1. The number of rotatable bonds is 3. The van der Waals surface area contributed by atoms with Crippen molar-refractivity contribution in [2.75, 3.05) is 0 Å². The molecule has 1 saturated carbocycles. The molecule has 0 radical (unpaired) electrons. The van der Waals surface area contributed by atoms with Gasteiger partial charge in [0.25, 0.3) is 0 Å². The van der Waals surface area contributed by atoms with Crippen LogP contribution in [0.15, 0.2) is 16.5 Å². The van der Waals surface area contributed by atoms with Crippen molar-refractivity contribution in [2.45, 2.75) is 32.2 Å². The molecule has 1 aliphatic rings. The molecule has 0 spiro atoms. The summed E-state index contributed by atoms with van der Waals surface area (Å²) in [5, 5.41) is 3.22. The van der Waals surface area contributed by atoms with Gasteiger partial charge >= 0.3 is 0 Å². The van der Waals surface area contributed by atoms with E-state index in [1.165, 1.54) is 12.8 Å². The van der Waals surface area contributed by atoms with Crippen molar-refractivity contribution in [1.82, 2.24) is 5.32 Å². The normalized spacial score (nSPS) is 16.9. The molecule has 1 amide bonds. The highest BCUT2D eigenvalue weighted by atomic mass is 35.5. The SMILES string of the molecule is O=C(NCc1ccc(Cl)o1)C1CCCC1. The van der Waals surface area contributed by atoms with E-state index in [-0.39, 0.29) is 11.8 Å². The average molecular weight is 228 g/mol. The van der Waals surface area contributed by atoms with Gasteiger partial charge in [-0.05, 0) is 36.6 Å². The summed E-state index contributed by atoms with van der Waals surface area (Å²) in [6.07, 6.45) is 4.38. The Hall–Kier alpha value is -0.960. The van der Waals surface area contributed by atoms with Gasteiger partial charge in [0, 0.05) is 5.92 Å². The van der Waals surface area contributed by atoms with Crippen molar-refractivity contribution in [3.05, 3.63) is 23.1 Å². The van der Waals surface area contributed by atoms with Gasteiger partial charge < -0.3 is 9.73 Å². The zero-order valence-electron chi connectivity index (χ0n) is 8.46. The molecule has 0 aliphatic heterocycles. The Kier molecular flexibility index (Phi) is 3.31. The van der Waals surface area contributed by atoms with E-state index in [2.05, 4.69) is 5.32 Å². The fourth-order valence-corrected chi connectivity index (χ4v) is 2.12. The summed E-state index contributed by atoms with van der Waals surface area (Å²) in [6.45, 7) is 0.433. The Morgan fingerprint density at radius 3 is 2.80 bits per heavy atom. The Bertz CT molecular complexity index is 342. The smallest absolute Gasteiger partial charge is 0.223 e. The minimum absolute atomic E-state index is 0.139. The van der Waals surface area contributed by atoms with Crippen molar-refractivity contribution >= 4 is 17.5 Å². The lowest BCUT2D eigenvalue weighted by molar-refractivity contribution is -0.125. The van der Waals surface area contributed by atoms with E-state index in [0.717, 1.165) is 12.8 Å². The number of furan rings is 1. The van der Waals surface area contributed by atoms with Crippen molar-refractivity contribution in [2.24, 2.45) is 5.92 Å². The van der Waals surface area contributed by atoms with E-state index in [1.54, 1.807) is 12.1 Å². The number of hydrogen-bond acceptors (Lipinski definition) is 2. The van der Waals surface area contributed by atoms with Crippen LogP contribution in [0.4, 0.5) is 0 Å². The molecule has 0 saturated heterocycles. The highest BCUT2D eigenvalue weighted by Gasteiger charge is 2.22. The summed E-state index contributed by atoms with van der Waals surface area (Å²) < 4.78 is 5.15. The first-order valence-electron chi connectivity index (χ1n) is 5.27. The first-order valence-corrected chi connectivity index (χ1v) is 5.65. The van der Waals surface area contributed by atoms with Gasteiger partial charge in [0.1, 0.15) is 5.76 Å². The molecular formula is C11H14ClNO2. The number of halogens is 1. The van der Waals surface area contributed by atoms with Crippen LogP contribution < -0.4 is 5.32 Å². The van der Waals surface area contributed by atoms with Crippen molar-refractivity contribution < 1.29 is 9.21 Å². The number of carbonyl (C=O) groups is 1. The quantitative estimate of drug-likeness (QED) is 0.863. The maximum atomic E-state index is 11.6. The Morgan fingerprint density at radius 1 is 1.47 bits per heavy atom. The summed E-state index contributed by atoms with van der Waals surface area (Å²) in [6, 6.07) is 3.45. The van der Waals surface area contributed by atoms with Crippen LogP contribution in [0.5, 0.6) is 0 Å². The van der Waals surface area contributed by atoms with Gasteiger partial charge in [-0.2, -0.15) is 0 Å². The predicted molar refractivity (Wildman–Crippen MR) is 57.5 cm³/mol. The maximum absolute atomic E-state index is 11.6. The van der Waals surface area contributed by atoms with E-state index < -0.39 is 0 Å². The molecule has 0 bridgehead atoms. The molecule has 0 atom stereocenters. The molecule has 82 valence electrons. The molecule has 1 aromatic heterocycles. The first kappa shape index (κ1) is 10.6. The van der Waals surface area contributed by atoms with E-state index in [1.807, 2.05) is 0 Å². The van der Waals surface area contributed by atoms with Crippen LogP contribution in [0.1, 0.15) is 31.4 Å². The van der Waals surface area contributed by atoms with Crippen LogP contribution in [0, 0.1) is 5.92 Å². The Morgan fingerprint density at radius 2 is 2.20 bits per heavy atom. The third-order valence-electron chi connectivity index (χ3n) is 2.79. The molecule has 1 aromatic rings. The molecule has 4 heteroatoms. The van der Waals surface area contributed by atoms with Crippen LogP contribution >= 0.6 is 11.6 Å². The highest BCUT2D eigenvalue weighted by molar-refractivity contribution is 6.28. The molecule has 2 rings (SSSR count). The molecule has 1 fully saturated rings. The van der Waals surface area contributed by atoms with Crippen LogP contribution in [-0.2, 0) is 11.3 Å². The van der Waals surface area contributed by atoms with Crippen molar-refractivity contribution in [1.29, 1.82) is 0 Å². The predicted octanol–water partition coefficient (Wildman–Crippen LogP) is 2.74. The van der Waals surface area contributed by atoms with E-state index in [4.69, 9.17) is 16.0 Å². The molecule has 1 aliphatic carbocycles. The summed E-state index contributed by atoms with van der Waals surface area (Å²) in [5.41, 5.74) is 0. The maximum Gasteiger partial charge on any atom is 0.223 e. The fraction of sp³-hybridized carbons (Fsp3) is 0.545. The number of carbonyl (C=O) groups excluding carboxylic acids is 1. The molecule has 1 heterocycles. The summed E-state index contributed by atoms with van der Waals surface area (Å²) >= 11 is 5.62. The van der Waals surface area contributed by atoms with Crippen molar-refractivity contribution in [3.63, 3.8) is 0 Å². The van der Waals surface area contributed by atoms with Crippen LogP contribution in [-0.4, -0.2) is 5.91 Å². The zero-order chi connectivity index (χ0) is 10.7. The summed E-state index contributed by atoms with van der Waals surface area (Å²) in [7, 11) is 0. The molecular weight excluding hydrogens is 214 g/mol. The summed E-state index contributed by atoms with van der Waals surface area (Å²) in [5.74, 6) is 1.04. The number of nitrogens with one attached hydrogen (secondary N) is 1. The Balaban J connectivity index is 1.80. The van der Waals surface area contributed by atoms with Gasteiger partial charge in [0.15, 0.2) is 5.22 Å². The largest absolute Gasteiger partial charge is 0.448 e. The average Bonchev–Trinajstić information content (AvgIpc) is 2.84. The topological polar surface area (TPSA) is 42.2 Å². The highest BCUT2D eigenvalue weighted by Crippen LogP contribution is 2.24. The standard InChI is InChI=1S/C11H14ClNO2/c12-10-6-5-9(15-10)7-13-11(14)8-3-1-2-4-8/h5-6,8H,1-4,7H2,(H,13,14). The van der Waals surface area contributed by atoms with E-state index >= 15 is 0 Å². The summed E-state index contributed by atoms with van der Waals surface area (Å²) in [4.78, 5) is 11.6. The van der Waals surface area contributed by atoms with Crippen LogP contribution in [0.2, 0.25) is 5.22 Å². The zero-order valence-corrected chi connectivity index (χ0v) is 9.22. The van der Waals surface area contributed by atoms with Gasteiger partial charge in [-0.1, -0.05) is 12.8 Å². The second-order valence-corrected chi connectivity index (χ2v) is 4.28. The number of amides is 1. The number of hydrogen-bond donors (Lipinski definition) is 1. The molecule has 3 nitrogen and oxygen atoms in total. The fourth-order valence-electron chi connectivity index (χ4n) is 1.95. The van der Waals surface area contributed by atoms with Gasteiger partial charge in [-0.25, -0.2) is 0 Å². The van der Waals surface area contributed by atoms with E-state index in [9.17, 15) is 4.79 Å². The lowest BCUT2D eigenvalue weighted by Gasteiger charge is -2.08. The third-order valence-corrected chi connectivity index (χ3v) is 2.99. The monoisotopic (exact) mass is 227 g/mol. The van der Waals surface area contributed by atoms with Crippen LogP contribution in [0.3, 0.4) is 0 Å². The minimum atomic E-state index is 0.139. The van der Waals surface area contributed by atoms with Gasteiger partial charge in [0.05, 0.1) is 6.54 Å². The van der Waals surface area contributed by atoms with Crippen LogP contribution in [0.25, 0.3) is 0 Å². The molecule has 15 heavy (non-hydrogen) atoms. The van der Waals surface area contributed by atoms with Crippen molar-refractivity contribution in [3.8, 4) is 0 Å². The van der Waals surface area contributed by atoms with Gasteiger partial charge in [0.2, 0.25) is 5.91 Å². The third kappa shape index (κ3) is 2.75. The first-order chi connectivity index (χ1) is 7.25. The van der Waals surface area contributed by atoms with Gasteiger partial charge in [-0.3, -0.25) is 4.79 Å². The molecule has 1 N–H and O–H groups in total. The lowest BCUT2D eigenvalue weighted by Crippen LogP contribution is -2.28. The minimum Gasteiger partial charge on any atom is -0.448 e. The molecule has 0 aromatic carbocycles. The Labute approximate surface area is 93.8 Å². The van der Waals surface area contributed by atoms with Gasteiger partial charge in [-0.15, -0.1) is 0 Å². The second-order valence-electron chi connectivity index (χ2n) is 3.91. The second kappa shape index (κ2) is 4.71. The molecule has 0 unspecified atom stereocenters.